The fraction of sp³-hybridized carbons (Fsp3) is 0.238. The number of carbonyl (C=O) groups excluding carboxylic acids is 2. The summed E-state index contributed by atoms with van der Waals surface area (Å²) in [5, 5.41) is 19.5. The first-order valence-corrected chi connectivity index (χ1v) is 8.37. The number of phenolic OH excluding ortho intramolecular Hbond substituents is 1. The van der Waals surface area contributed by atoms with Crippen LogP contribution < -0.4 is 0 Å². The van der Waals surface area contributed by atoms with Crippen molar-refractivity contribution < 1.29 is 19.8 Å². The van der Waals surface area contributed by atoms with Gasteiger partial charge in [-0.2, -0.15) is 0 Å². The Morgan fingerprint density at radius 1 is 0.960 bits per heavy atom. The number of aromatic hydroxyl groups is 1. The van der Waals surface area contributed by atoms with Crippen LogP contribution in [0.15, 0.2) is 59.9 Å². The molecule has 4 heteroatoms. The molecule has 1 aliphatic carbocycles. The normalized spacial score (nSPS) is 17.6. The van der Waals surface area contributed by atoms with Gasteiger partial charge in [-0.05, 0) is 34.7 Å². The lowest BCUT2D eigenvalue weighted by molar-refractivity contribution is -0.122. The number of aliphatic hydroxyl groups excluding tert-OH is 1. The largest absolute Gasteiger partial charge is 0.511 e. The number of allylic oxidation sites excluding steroid dienone is 2. The van der Waals surface area contributed by atoms with Gasteiger partial charge in [0, 0.05) is 19.3 Å². The van der Waals surface area contributed by atoms with Gasteiger partial charge in [0.15, 0.2) is 11.6 Å². The minimum atomic E-state index is -0.288. The van der Waals surface area contributed by atoms with E-state index in [-0.39, 0.29) is 47.4 Å². The van der Waals surface area contributed by atoms with Crippen LogP contribution in [0.25, 0.3) is 11.1 Å². The first-order valence-electron chi connectivity index (χ1n) is 8.37. The Hall–Kier alpha value is -2.88. The van der Waals surface area contributed by atoms with Gasteiger partial charge < -0.3 is 10.2 Å². The number of carbonyl (C=O) groups is 2. The van der Waals surface area contributed by atoms with E-state index in [1.807, 2.05) is 36.4 Å². The maximum absolute atomic E-state index is 12.2. The highest BCUT2D eigenvalue weighted by molar-refractivity contribution is 6.21. The maximum Gasteiger partial charge on any atom is 0.170 e. The predicted molar refractivity (Wildman–Crippen MR) is 95.5 cm³/mol. The average Bonchev–Trinajstić information content (AvgIpc) is 2.61. The molecular formula is C21H20O4. The summed E-state index contributed by atoms with van der Waals surface area (Å²) < 4.78 is 0. The topological polar surface area (TPSA) is 74.6 Å². The molecule has 2 aromatic rings. The Bertz CT molecular complexity index is 829. The minimum Gasteiger partial charge on any atom is -0.511 e. The third-order valence-electron chi connectivity index (χ3n) is 4.62. The zero-order chi connectivity index (χ0) is 18.0. The summed E-state index contributed by atoms with van der Waals surface area (Å²) in [6.07, 6.45) is 0.770. The molecule has 1 unspecified atom stereocenters. The first-order chi connectivity index (χ1) is 12.0. The lowest BCUT2D eigenvalue weighted by Crippen LogP contribution is -2.23. The third-order valence-corrected chi connectivity index (χ3v) is 4.62. The lowest BCUT2D eigenvalue weighted by atomic mass is 9.81. The Morgan fingerprint density at radius 3 is 2.04 bits per heavy atom. The summed E-state index contributed by atoms with van der Waals surface area (Å²) in [6, 6.07) is 14.8. The zero-order valence-electron chi connectivity index (χ0n) is 14.0. The minimum absolute atomic E-state index is 0.0144. The van der Waals surface area contributed by atoms with Gasteiger partial charge in [0.1, 0.15) is 11.5 Å². The molecule has 0 saturated heterocycles. The molecule has 0 bridgehead atoms. The van der Waals surface area contributed by atoms with E-state index >= 15 is 0 Å². The summed E-state index contributed by atoms with van der Waals surface area (Å²) in [6.45, 7) is 1.68. The Balaban J connectivity index is 1.82. The molecule has 4 nitrogen and oxygen atoms in total. The van der Waals surface area contributed by atoms with Crippen LogP contribution in [-0.4, -0.2) is 21.8 Å². The number of rotatable bonds is 4. The molecule has 0 heterocycles. The van der Waals surface area contributed by atoms with Gasteiger partial charge in [0.25, 0.3) is 0 Å². The van der Waals surface area contributed by atoms with Gasteiger partial charge in [-0.15, -0.1) is 0 Å². The van der Waals surface area contributed by atoms with Crippen LogP contribution >= 0.6 is 0 Å². The number of aliphatic hydroxyl groups is 1. The van der Waals surface area contributed by atoms with Crippen molar-refractivity contribution >= 4 is 11.6 Å². The van der Waals surface area contributed by atoms with Crippen molar-refractivity contribution in [1.82, 2.24) is 0 Å². The molecular weight excluding hydrogens is 316 g/mol. The highest BCUT2D eigenvalue weighted by Gasteiger charge is 2.31. The Labute approximate surface area is 146 Å². The Kier molecular flexibility index (Phi) is 4.70. The number of benzene rings is 2. The fourth-order valence-electron chi connectivity index (χ4n) is 3.22. The summed E-state index contributed by atoms with van der Waals surface area (Å²) in [5.41, 5.74) is 2.94. The number of ketones is 2. The third kappa shape index (κ3) is 3.48. The molecule has 0 fully saturated rings. The monoisotopic (exact) mass is 336 g/mol. The lowest BCUT2D eigenvalue weighted by Gasteiger charge is -2.23. The molecule has 0 saturated carbocycles. The van der Waals surface area contributed by atoms with Crippen molar-refractivity contribution in [2.75, 3.05) is 0 Å². The van der Waals surface area contributed by atoms with Crippen LogP contribution in [0, 0.1) is 0 Å². The first kappa shape index (κ1) is 17.0. The molecule has 0 aliphatic heterocycles. The Morgan fingerprint density at radius 2 is 1.52 bits per heavy atom. The van der Waals surface area contributed by atoms with Crippen LogP contribution in [0.3, 0.4) is 0 Å². The molecule has 25 heavy (non-hydrogen) atoms. The van der Waals surface area contributed by atoms with Crippen LogP contribution in [0.4, 0.5) is 0 Å². The number of Topliss-reactive ketones (excluding diaryl/α,β-unsaturated/α-hetero) is 2. The molecule has 1 atom stereocenters. The van der Waals surface area contributed by atoms with E-state index in [0.717, 1.165) is 16.7 Å². The van der Waals surface area contributed by atoms with Gasteiger partial charge in [-0.3, -0.25) is 9.59 Å². The quantitative estimate of drug-likeness (QED) is 0.817. The molecule has 0 radical (unpaired) electrons. The second kappa shape index (κ2) is 6.93. The van der Waals surface area contributed by atoms with Crippen molar-refractivity contribution in [3.63, 3.8) is 0 Å². The molecule has 0 aromatic heterocycles. The van der Waals surface area contributed by atoms with E-state index in [1.54, 1.807) is 19.1 Å². The van der Waals surface area contributed by atoms with Gasteiger partial charge in [-0.1, -0.05) is 43.3 Å². The summed E-state index contributed by atoms with van der Waals surface area (Å²) in [5.74, 6) is -0.543. The van der Waals surface area contributed by atoms with Crippen molar-refractivity contribution in [3.8, 4) is 16.9 Å². The maximum atomic E-state index is 12.2. The van der Waals surface area contributed by atoms with Crippen LogP contribution in [-0.2, 0) is 9.59 Å². The zero-order valence-corrected chi connectivity index (χ0v) is 14.0. The number of hydrogen-bond donors (Lipinski definition) is 2. The highest BCUT2D eigenvalue weighted by Crippen LogP contribution is 2.35. The van der Waals surface area contributed by atoms with E-state index in [2.05, 4.69) is 0 Å². The molecule has 128 valence electrons. The van der Waals surface area contributed by atoms with E-state index in [0.29, 0.717) is 6.42 Å². The van der Waals surface area contributed by atoms with Crippen LogP contribution in [0.2, 0.25) is 0 Å². The fourth-order valence-corrected chi connectivity index (χ4v) is 3.22. The van der Waals surface area contributed by atoms with Crippen molar-refractivity contribution in [2.24, 2.45) is 0 Å². The molecule has 1 aliphatic rings. The van der Waals surface area contributed by atoms with Crippen molar-refractivity contribution in [3.05, 3.63) is 65.4 Å². The molecule has 2 N–H and O–H groups in total. The number of hydrogen-bond acceptors (Lipinski definition) is 4. The second-order valence-electron chi connectivity index (χ2n) is 6.30. The van der Waals surface area contributed by atoms with E-state index in [1.165, 1.54) is 0 Å². The predicted octanol–water partition coefficient (Wildman–Crippen LogP) is 4.30. The second-order valence-corrected chi connectivity index (χ2v) is 6.30. The smallest absolute Gasteiger partial charge is 0.170 e. The van der Waals surface area contributed by atoms with Crippen molar-refractivity contribution in [2.45, 2.75) is 32.1 Å². The molecule has 0 amide bonds. The SMILES string of the molecule is CCC(=O)C1=C(O)CC(c2ccc(-c3ccc(O)cc3)cc2)CC1=O. The van der Waals surface area contributed by atoms with Crippen molar-refractivity contribution in [1.29, 1.82) is 0 Å². The number of phenols is 1. The van der Waals surface area contributed by atoms with E-state index in [4.69, 9.17) is 0 Å². The van der Waals surface area contributed by atoms with Gasteiger partial charge in [0.2, 0.25) is 0 Å². The van der Waals surface area contributed by atoms with E-state index in [9.17, 15) is 19.8 Å². The summed E-state index contributed by atoms with van der Waals surface area (Å²) >= 11 is 0. The molecule has 3 rings (SSSR count). The van der Waals surface area contributed by atoms with E-state index < -0.39 is 0 Å². The summed E-state index contributed by atoms with van der Waals surface area (Å²) in [7, 11) is 0. The van der Waals surface area contributed by atoms with Crippen LogP contribution in [0.5, 0.6) is 5.75 Å². The highest BCUT2D eigenvalue weighted by atomic mass is 16.3. The van der Waals surface area contributed by atoms with Gasteiger partial charge >= 0.3 is 0 Å². The molecule has 0 spiro atoms. The van der Waals surface area contributed by atoms with Gasteiger partial charge in [-0.25, -0.2) is 0 Å². The van der Waals surface area contributed by atoms with Crippen LogP contribution in [0.1, 0.15) is 37.7 Å². The van der Waals surface area contributed by atoms with Gasteiger partial charge in [0.05, 0.1) is 5.57 Å². The molecule has 2 aromatic carbocycles. The average molecular weight is 336 g/mol. The summed E-state index contributed by atoms with van der Waals surface area (Å²) in [4.78, 5) is 24.0. The standard InChI is InChI=1S/C21H20O4/c1-2-18(23)21-19(24)11-16(12-20(21)25)15-5-3-13(4-6-15)14-7-9-17(22)10-8-14/h3-10,16,22,24H,2,11-12H2,1H3.